The van der Waals surface area contributed by atoms with Gasteiger partial charge in [0.2, 0.25) is 0 Å². The monoisotopic (exact) mass is 279 g/mol. The molecule has 0 bridgehead atoms. The highest BCUT2D eigenvalue weighted by Crippen LogP contribution is 2.17. The summed E-state index contributed by atoms with van der Waals surface area (Å²) in [5.74, 6) is 0.894. The molecule has 1 aliphatic rings. The number of aliphatic hydroxyl groups excluding tert-OH is 1. The van der Waals surface area contributed by atoms with Crippen molar-refractivity contribution >= 4 is 0 Å². The van der Waals surface area contributed by atoms with Gasteiger partial charge in [0, 0.05) is 13.2 Å². The molecular weight excluding hydrogens is 254 g/mol. The zero-order valence-electron chi connectivity index (χ0n) is 11.8. The van der Waals surface area contributed by atoms with E-state index in [0.717, 1.165) is 31.9 Å². The summed E-state index contributed by atoms with van der Waals surface area (Å²) in [4.78, 5) is 2.36. The van der Waals surface area contributed by atoms with Crippen LogP contribution in [0.5, 0.6) is 5.75 Å². The predicted octanol–water partition coefficient (Wildman–Crippen LogP) is 0.643. The molecule has 5 nitrogen and oxygen atoms in total. The second kappa shape index (κ2) is 7.59. The van der Waals surface area contributed by atoms with Crippen molar-refractivity contribution in [2.24, 2.45) is 11.7 Å². The van der Waals surface area contributed by atoms with Gasteiger partial charge in [0.1, 0.15) is 5.75 Å². The van der Waals surface area contributed by atoms with Crippen molar-refractivity contribution in [3.63, 3.8) is 0 Å². The first-order valence-corrected chi connectivity index (χ1v) is 7.29. The number of aliphatic hydroxyl groups is 1. The van der Waals surface area contributed by atoms with E-state index in [1.807, 2.05) is 0 Å². The third-order valence-corrected chi connectivity index (χ3v) is 3.99. The minimum Gasteiger partial charge on any atom is -0.508 e. The Labute approximate surface area is 120 Å². The summed E-state index contributed by atoms with van der Waals surface area (Å²) >= 11 is 0. The highest BCUT2D eigenvalue weighted by molar-refractivity contribution is 5.27. The predicted molar refractivity (Wildman–Crippen MR) is 79.3 cm³/mol. The van der Waals surface area contributed by atoms with Crippen LogP contribution in [-0.2, 0) is 0 Å². The van der Waals surface area contributed by atoms with Gasteiger partial charge in [-0.05, 0) is 56.1 Å². The van der Waals surface area contributed by atoms with E-state index in [1.165, 1.54) is 12.8 Å². The molecule has 5 heteroatoms. The Bertz CT molecular complexity index is 389. The summed E-state index contributed by atoms with van der Waals surface area (Å²) in [6.45, 7) is 4.25. The lowest BCUT2D eigenvalue weighted by Gasteiger charge is -2.31. The summed E-state index contributed by atoms with van der Waals surface area (Å²) in [5.41, 5.74) is 6.50. The third kappa shape index (κ3) is 4.45. The van der Waals surface area contributed by atoms with Crippen molar-refractivity contribution in [2.75, 3.05) is 32.8 Å². The van der Waals surface area contributed by atoms with Crippen LogP contribution in [0.2, 0.25) is 0 Å². The molecule has 0 amide bonds. The Kier molecular flexibility index (Phi) is 5.79. The van der Waals surface area contributed by atoms with E-state index in [9.17, 15) is 10.2 Å². The number of phenols is 1. The number of benzene rings is 1. The van der Waals surface area contributed by atoms with Crippen molar-refractivity contribution in [2.45, 2.75) is 18.9 Å². The second-order valence-electron chi connectivity index (χ2n) is 5.52. The fourth-order valence-electron chi connectivity index (χ4n) is 2.55. The van der Waals surface area contributed by atoms with Gasteiger partial charge in [0.15, 0.2) is 0 Å². The minimum atomic E-state index is -0.544. The van der Waals surface area contributed by atoms with Crippen LogP contribution in [0.4, 0.5) is 0 Å². The summed E-state index contributed by atoms with van der Waals surface area (Å²) in [7, 11) is 0. The van der Waals surface area contributed by atoms with Crippen LogP contribution in [0.3, 0.4) is 0 Å². The zero-order chi connectivity index (χ0) is 14.4. The van der Waals surface area contributed by atoms with Gasteiger partial charge >= 0.3 is 0 Å². The first-order valence-electron chi connectivity index (χ1n) is 7.29. The van der Waals surface area contributed by atoms with Crippen LogP contribution in [0.1, 0.15) is 24.5 Å². The highest BCUT2D eigenvalue weighted by atomic mass is 16.3. The van der Waals surface area contributed by atoms with Gasteiger partial charge in [0.05, 0.1) is 6.10 Å². The van der Waals surface area contributed by atoms with Crippen molar-refractivity contribution in [3.05, 3.63) is 29.8 Å². The number of aromatic hydroxyl groups is 1. The Morgan fingerprint density at radius 1 is 1.25 bits per heavy atom. The third-order valence-electron chi connectivity index (χ3n) is 3.99. The summed E-state index contributed by atoms with van der Waals surface area (Å²) in [6.07, 6.45) is 1.79. The van der Waals surface area contributed by atoms with Crippen molar-refractivity contribution in [3.8, 4) is 5.75 Å². The van der Waals surface area contributed by atoms with Gasteiger partial charge in [-0.1, -0.05) is 12.1 Å². The summed E-state index contributed by atoms with van der Waals surface area (Å²) in [6, 6.07) is 6.68. The molecule has 0 saturated carbocycles. The first kappa shape index (κ1) is 15.3. The van der Waals surface area contributed by atoms with Gasteiger partial charge in [-0.25, -0.2) is 0 Å². The van der Waals surface area contributed by atoms with Crippen LogP contribution in [0.15, 0.2) is 24.3 Å². The SMILES string of the molecule is NCC1CCN(CNCC(O)c2ccc(O)cc2)CC1. The van der Waals surface area contributed by atoms with Crippen molar-refractivity contribution in [1.29, 1.82) is 0 Å². The quantitative estimate of drug-likeness (QED) is 0.614. The molecule has 1 unspecified atom stereocenters. The smallest absolute Gasteiger partial charge is 0.115 e. The zero-order valence-corrected chi connectivity index (χ0v) is 11.8. The number of likely N-dealkylation sites (tertiary alicyclic amines) is 1. The molecule has 20 heavy (non-hydrogen) atoms. The van der Waals surface area contributed by atoms with E-state index >= 15 is 0 Å². The maximum absolute atomic E-state index is 10.0. The number of rotatable bonds is 6. The molecule has 0 radical (unpaired) electrons. The molecule has 0 spiro atoms. The fourth-order valence-corrected chi connectivity index (χ4v) is 2.55. The van der Waals surface area contributed by atoms with Gasteiger partial charge < -0.3 is 21.3 Å². The molecule has 2 rings (SSSR count). The summed E-state index contributed by atoms with van der Waals surface area (Å²) in [5, 5.41) is 22.5. The van der Waals surface area contributed by atoms with Crippen LogP contribution in [0.25, 0.3) is 0 Å². The normalized spacial score (nSPS) is 19.1. The lowest BCUT2D eigenvalue weighted by Crippen LogP contribution is -2.42. The lowest BCUT2D eigenvalue weighted by molar-refractivity contribution is 0.142. The molecule has 1 saturated heterocycles. The van der Waals surface area contributed by atoms with E-state index in [4.69, 9.17) is 5.73 Å². The van der Waals surface area contributed by atoms with Crippen LogP contribution in [-0.4, -0.2) is 48.0 Å². The molecular formula is C15H25N3O2. The molecule has 1 aliphatic heterocycles. The van der Waals surface area contributed by atoms with Gasteiger partial charge in [-0.15, -0.1) is 0 Å². The fraction of sp³-hybridized carbons (Fsp3) is 0.600. The topological polar surface area (TPSA) is 81.8 Å². The Balaban J connectivity index is 1.67. The number of phenolic OH excluding ortho intramolecular Hbond substituents is 1. The number of nitrogens with one attached hydrogen (secondary N) is 1. The molecule has 0 aliphatic carbocycles. The molecule has 1 aromatic rings. The van der Waals surface area contributed by atoms with E-state index in [0.29, 0.717) is 12.5 Å². The van der Waals surface area contributed by atoms with Gasteiger partial charge in [-0.2, -0.15) is 0 Å². The number of nitrogens with two attached hydrogens (primary N) is 1. The van der Waals surface area contributed by atoms with Gasteiger partial charge in [-0.3, -0.25) is 4.90 Å². The maximum Gasteiger partial charge on any atom is 0.115 e. The number of hydrogen-bond donors (Lipinski definition) is 4. The minimum absolute atomic E-state index is 0.219. The molecule has 5 N–H and O–H groups in total. The largest absolute Gasteiger partial charge is 0.508 e. The molecule has 1 fully saturated rings. The Morgan fingerprint density at radius 2 is 1.90 bits per heavy atom. The average molecular weight is 279 g/mol. The van der Waals surface area contributed by atoms with Crippen LogP contribution in [0, 0.1) is 5.92 Å². The molecule has 0 aromatic heterocycles. The number of hydrogen-bond acceptors (Lipinski definition) is 5. The maximum atomic E-state index is 10.0. The highest BCUT2D eigenvalue weighted by Gasteiger charge is 2.17. The van der Waals surface area contributed by atoms with Gasteiger partial charge in [0.25, 0.3) is 0 Å². The lowest BCUT2D eigenvalue weighted by atomic mass is 9.97. The number of piperidine rings is 1. The number of nitrogens with zero attached hydrogens (tertiary/aromatic N) is 1. The first-order chi connectivity index (χ1) is 9.69. The van der Waals surface area contributed by atoms with Crippen molar-refractivity contribution < 1.29 is 10.2 Å². The molecule has 112 valence electrons. The van der Waals surface area contributed by atoms with E-state index in [1.54, 1.807) is 24.3 Å². The molecule has 1 atom stereocenters. The average Bonchev–Trinajstić information content (AvgIpc) is 2.48. The second-order valence-corrected chi connectivity index (χ2v) is 5.52. The summed E-state index contributed by atoms with van der Waals surface area (Å²) < 4.78 is 0. The Morgan fingerprint density at radius 3 is 2.50 bits per heavy atom. The van der Waals surface area contributed by atoms with E-state index in [2.05, 4.69) is 10.2 Å². The standard InChI is InChI=1S/C15H25N3O2/c16-9-12-5-7-18(8-6-12)11-17-10-15(20)13-1-3-14(19)4-2-13/h1-4,12,15,17,19-20H,5-11,16H2. The van der Waals surface area contributed by atoms with E-state index in [-0.39, 0.29) is 5.75 Å². The van der Waals surface area contributed by atoms with Crippen molar-refractivity contribution in [1.82, 2.24) is 10.2 Å². The molecule has 1 heterocycles. The van der Waals surface area contributed by atoms with E-state index < -0.39 is 6.10 Å². The molecule has 1 aromatic carbocycles. The van der Waals surface area contributed by atoms with Crippen LogP contribution < -0.4 is 11.1 Å². The van der Waals surface area contributed by atoms with Crippen LogP contribution >= 0.6 is 0 Å². The Hall–Kier alpha value is -1.14.